The molecule has 0 spiro atoms. The third kappa shape index (κ3) is 3.13. The van der Waals surface area contributed by atoms with E-state index in [9.17, 15) is 0 Å². The minimum atomic E-state index is 0.0790. The predicted molar refractivity (Wildman–Crippen MR) is 52.2 cm³/mol. The summed E-state index contributed by atoms with van der Waals surface area (Å²) in [5.41, 5.74) is 6.52. The van der Waals surface area contributed by atoms with Crippen molar-refractivity contribution in [1.29, 1.82) is 10.7 Å². The van der Waals surface area contributed by atoms with Crippen LogP contribution in [0.4, 0.5) is 0 Å². The molecular formula is C8H8N4S. The second kappa shape index (κ2) is 4.48. The van der Waals surface area contributed by atoms with E-state index in [4.69, 9.17) is 16.4 Å². The summed E-state index contributed by atoms with van der Waals surface area (Å²) in [5.74, 6) is 0.604. The fraction of sp³-hybridized carbons (Fsp3) is 0.125. The summed E-state index contributed by atoms with van der Waals surface area (Å²) in [6, 6.07) is 5.44. The average Bonchev–Trinajstić information content (AvgIpc) is 2.15. The molecule has 0 unspecified atom stereocenters. The van der Waals surface area contributed by atoms with Gasteiger partial charge in [0.05, 0.1) is 0 Å². The lowest BCUT2D eigenvalue weighted by Crippen LogP contribution is -2.03. The first-order valence-corrected chi connectivity index (χ1v) is 4.53. The molecule has 0 saturated heterocycles. The quantitative estimate of drug-likeness (QED) is 0.542. The van der Waals surface area contributed by atoms with E-state index in [0.717, 1.165) is 5.56 Å². The monoisotopic (exact) mass is 192 g/mol. The van der Waals surface area contributed by atoms with Crippen molar-refractivity contribution in [2.75, 3.05) is 0 Å². The number of nitrogens with zero attached hydrogens (tertiary/aromatic N) is 2. The van der Waals surface area contributed by atoms with Gasteiger partial charge in [0.2, 0.25) is 0 Å². The van der Waals surface area contributed by atoms with Crippen LogP contribution in [0.5, 0.6) is 0 Å². The van der Waals surface area contributed by atoms with Crippen molar-refractivity contribution >= 4 is 16.9 Å². The SMILES string of the molecule is N#Cc1cc(CSC(=N)N)ccn1. The number of nitrogens with two attached hydrogens (primary N) is 1. The summed E-state index contributed by atoms with van der Waals surface area (Å²) in [6.45, 7) is 0. The van der Waals surface area contributed by atoms with Crippen LogP contribution in [-0.4, -0.2) is 10.2 Å². The fourth-order valence-corrected chi connectivity index (χ4v) is 1.29. The zero-order valence-electron chi connectivity index (χ0n) is 6.82. The molecule has 0 radical (unpaired) electrons. The maximum absolute atomic E-state index is 8.55. The number of hydrogen-bond acceptors (Lipinski definition) is 4. The summed E-state index contributed by atoms with van der Waals surface area (Å²) in [4.78, 5) is 3.83. The first kappa shape index (κ1) is 9.55. The van der Waals surface area contributed by atoms with Gasteiger partial charge in [0, 0.05) is 11.9 Å². The number of nitriles is 1. The molecule has 1 aromatic rings. The van der Waals surface area contributed by atoms with E-state index in [1.165, 1.54) is 11.8 Å². The molecule has 0 atom stereocenters. The summed E-state index contributed by atoms with van der Waals surface area (Å²) < 4.78 is 0. The number of rotatable bonds is 2. The normalized spacial score (nSPS) is 9.15. The molecule has 0 saturated carbocycles. The van der Waals surface area contributed by atoms with Crippen LogP contribution < -0.4 is 5.73 Å². The molecular weight excluding hydrogens is 184 g/mol. The van der Waals surface area contributed by atoms with E-state index in [-0.39, 0.29) is 5.17 Å². The average molecular weight is 192 g/mol. The van der Waals surface area contributed by atoms with Crippen molar-refractivity contribution in [1.82, 2.24) is 4.98 Å². The number of aromatic nitrogens is 1. The predicted octanol–water partition coefficient (Wildman–Crippen LogP) is 1.08. The molecule has 0 bridgehead atoms. The van der Waals surface area contributed by atoms with Gasteiger partial charge in [-0.2, -0.15) is 5.26 Å². The molecule has 0 amide bonds. The highest BCUT2D eigenvalue weighted by Crippen LogP contribution is 2.11. The van der Waals surface area contributed by atoms with Crippen molar-refractivity contribution in [3.05, 3.63) is 29.6 Å². The van der Waals surface area contributed by atoms with Crippen LogP contribution in [0.2, 0.25) is 0 Å². The molecule has 13 heavy (non-hydrogen) atoms. The lowest BCUT2D eigenvalue weighted by Gasteiger charge is -1.98. The Morgan fingerprint density at radius 3 is 3.15 bits per heavy atom. The lowest BCUT2D eigenvalue weighted by molar-refractivity contribution is 1.22. The van der Waals surface area contributed by atoms with Crippen LogP contribution in [0.1, 0.15) is 11.3 Å². The van der Waals surface area contributed by atoms with Crippen LogP contribution in [0.15, 0.2) is 18.3 Å². The zero-order valence-corrected chi connectivity index (χ0v) is 7.64. The number of pyridine rings is 1. The molecule has 3 N–H and O–H groups in total. The molecule has 0 aliphatic carbocycles. The van der Waals surface area contributed by atoms with Crippen molar-refractivity contribution in [3.8, 4) is 6.07 Å². The van der Waals surface area contributed by atoms with Crippen molar-refractivity contribution in [2.45, 2.75) is 5.75 Å². The summed E-state index contributed by atoms with van der Waals surface area (Å²) in [6.07, 6.45) is 1.58. The van der Waals surface area contributed by atoms with Crippen molar-refractivity contribution < 1.29 is 0 Å². The van der Waals surface area contributed by atoms with E-state index in [2.05, 4.69) is 4.98 Å². The van der Waals surface area contributed by atoms with Gasteiger partial charge in [-0.25, -0.2) is 4.98 Å². The molecule has 5 heteroatoms. The van der Waals surface area contributed by atoms with Gasteiger partial charge in [-0.15, -0.1) is 0 Å². The zero-order chi connectivity index (χ0) is 9.68. The van der Waals surface area contributed by atoms with E-state index < -0.39 is 0 Å². The van der Waals surface area contributed by atoms with Gasteiger partial charge in [0.1, 0.15) is 11.8 Å². The van der Waals surface area contributed by atoms with Crippen LogP contribution in [0.3, 0.4) is 0 Å². The molecule has 1 aromatic heterocycles. The molecule has 0 aliphatic rings. The Morgan fingerprint density at radius 2 is 2.54 bits per heavy atom. The Kier molecular flexibility index (Phi) is 3.29. The van der Waals surface area contributed by atoms with Gasteiger partial charge < -0.3 is 5.73 Å². The van der Waals surface area contributed by atoms with Crippen LogP contribution in [0, 0.1) is 16.7 Å². The first-order valence-electron chi connectivity index (χ1n) is 3.54. The summed E-state index contributed by atoms with van der Waals surface area (Å²) >= 11 is 1.23. The molecule has 66 valence electrons. The summed E-state index contributed by atoms with van der Waals surface area (Å²) in [5, 5.41) is 15.6. The Hall–Kier alpha value is -1.54. The van der Waals surface area contributed by atoms with E-state index in [1.807, 2.05) is 6.07 Å². The van der Waals surface area contributed by atoms with Gasteiger partial charge in [-0.3, -0.25) is 5.41 Å². The van der Waals surface area contributed by atoms with Gasteiger partial charge in [0.25, 0.3) is 0 Å². The van der Waals surface area contributed by atoms with Crippen molar-refractivity contribution in [2.24, 2.45) is 5.73 Å². The smallest absolute Gasteiger partial charge is 0.151 e. The third-order valence-electron chi connectivity index (χ3n) is 1.33. The van der Waals surface area contributed by atoms with Crippen LogP contribution in [-0.2, 0) is 5.75 Å². The molecule has 1 heterocycles. The minimum Gasteiger partial charge on any atom is -0.379 e. The first-order chi connectivity index (χ1) is 6.22. The van der Waals surface area contributed by atoms with Gasteiger partial charge in [0.15, 0.2) is 5.17 Å². The number of thioether (sulfide) groups is 1. The van der Waals surface area contributed by atoms with Gasteiger partial charge >= 0.3 is 0 Å². The highest BCUT2D eigenvalue weighted by Gasteiger charge is 1.97. The topological polar surface area (TPSA) is 86.5 Å². The molecule has 4 nitrogen and oxygen atoms in total. The molecule has 0 aliphatic heterocycles. The molecule has 0 aromatic carbocycles. The van der Waals surface area contributed by atoms with E-state index >= 15 is 0 Å². The molecule has 1 rings (SSSR count). The fourth-order valence-electron chi connectivity index (χ4n) is 0.786. The second-order valence-electron chi connectivity index (χ2n) is 2.31. The van der Waals surface area contributed by atoms with Crippen LogP contribution in [0.25, 0.3) is 0 Å². The third-order valence-corrected chi connectivity index (χ3v) is 2.12. The van der Waals surface area contributed by atoms with E-state index in [0.29, 0.717) is 11.4 Å². The largest absolute Gasteiger partial charge is 0.379 e. The Balaban J connectivity index is 2.68. The maximum atomic E-state index is 8.55. The highest BCUT2D eigenvalue weighted by atomic mass is 32.2. The van der Waals surface area contributed by atoms with Crippen LogP contribution >= 0.6 is 11.8 Å². The highest BCUT2D eigenvalue weighted by molar-refractivity contribution is 8.13. The van der Waals surface area contributed by atoms with E-state index in [1.54, 1.807) is 18.3 Å². The standard InChI is InChI=1S/C8H8N4S/c9-4-7-3-6(1-2-12-7)5-13-8(10)11/h1-3H,5H2,(H3,10,11). The van der Waals surface area contributed by atoms with Crippen molar-refractivity contribution in [3.63, 3.8) is 0 Å². The number of amidine groups is 1. The minimum absolute atomic E-state index is 0.0790. The second-order valence-corrected chi connectivity index (χ2v) is 3.33. The number of nitrogens with one attached hydrogen (secondary N) is 1. The molecule has 0 fully saturated rings. The Bertz CT molecular complexity index is 355. The van der Waals surface area contributed by atoms with Gasteiger partial charge in [-0.1, -0.05) is 11.8 Å². The maximum Gasteiger partial charge on any atom is 0.151 e. The van der Waals surface area contributed by atoms with Gasteiger partial charge in [-0.05, 0) is 17.7 Å². The number of hydrogen-bond donors (Lipinski definition) is 2. The lowest BCUT2D eigenvalue weighted by atomic mass is 10.2. The Labute approximate surface area is 80.3 Å². The Morgan fingerprint density at radius 1 is 1.77 bits per heavy atom. The summed E-state index contributed by atoms with van der Waals surface area (Å²) in [7, 11) is 0.